The van der Waals surface area contributed by atoms with Crippen molar-refractivity contribution in [3.05, 3.63) is 20.8 Å². The van der Waals surface area contributed by atoms with Crippen LogP contribution in [0.1, 0.15) is 30.6 Å². The Bertz CT molecular complexity index is 419. The van der Waals surface area contributed by atoms with Crippen molar-refractivity contribution >= 4 is 33.2 Å². The minimum Gasteiger partial charge on any atom is -0.351 e. The molecule has 2 atom stereocenters. The molecule has 0 bridgehead atoms. The van der Waals surface area contributed by atoms with Gasteiger partial charge in [0.15, 0.2) is 0 Å². The number of amides is 1. The SMILES string of the molecule is O=C(NCc1cc(Br)cs1)C1C2CCCCC21. The predicted molar refractivity (Wildman–Crippen MR) is 72.8 cm³/mol. The first-order chi connectivity index (χ1) is 8.25. The minimum absolute atomic E-state index is 0.284. The van der Waals surface area contributed by atoms with Crippen LogP contribution in [-0.2, 0) is 11.3 Å². The fraction of sp³-hybridized carbons (Fsp3) is 0.615. The number of thiophene rings is 1. The number of nitrogens with one attached hydrogen (secondary N) is 1. The normalized spacial score (nSPS) is 30.8. The zero-order valence-corrected chi connectivity index (χ0v) is 12.0. The molecule has 2 aliphatic carbocycles. The maximum atomic E-state index is 12.0. The monoisotopic (exact) mass is 313 g/mol. The highest BCUT2D eigenvalue weighted by atomic mass is 79.9. The van der Waals surface area contributed by atoms with Crippen LogP contribution in [0.4, 0.5) is 0 Å². The van der Waals surface area contributed by atoms with Crippen LogP contribution in [0.25, 0.3) is 0 Å². The third-order valence-corrected chi connectivity index (χ3v) is 5.72. The molecule has 4 heteroatoms. The molecule has 0 aromatic carbocycles. The van der Waals surface area contributed by atoms with E-state index in [1.54, 1.807) is 11.3 Å². The summed E-state index contributed by atoms with van der Waals surface area (Å²) in [5, 5.41) is 5.14. The maximum absolute atomic E-state index is 12.0. The number of carbonyl (C=O) groups excluding carboxylic acids is 1. The van der Waals surface area contributed by atoms with Crippen molar-refractivity contribution in [2.75, 3.05) is 0 Å². The molecule has 1 heterocycles. The van der Waals surface area contributed by atoms with E-state index in [4.69, 9.17) is 0 Å². The summed E-state index contributed by atoms with van der Waals surface area (Å²) < 4.78 is 1.10. The van der Waals surface area contributed by atoms with Gasteiger partial charge in [0.25, 0.3) is 0 Å². The Balaban J connectivity index is 1.51. The third kappa shape index (κ3) is 2.43. The molecule has 1 amide bonds. The van der Waals surface area contributed by atoms with Gasteiger partial charge in [0, 0.05) is 20.6 Å². The standard InChI is InChI=1S/C13H16BrNOS/c14-8-5-9(17-7-8)6-15-13(16)12-10-3-1-2-4-11(10)12/h5,7,10-12H,1-4,6H2,(H,15,16). The second-order valence-electron chi connectivity index (χ2n) is 5.09. The Morgan fingerprint density at radius 2 is 2.12 bits per heavy atom. The first-order valence-corrected chi connectivity index (χ1v) is 7.93. The molecule has 2 aliphatic rings. The zero-order chi connectivity index (χ0) is 11.8. The molecule has 0 saturated heterocycles. The fourth-order valence-electron chi connectivity index (χ4n) is 3.12. The Labute approximate surface area is 114 Å². The van der Waals surface area contributed by atoms with E-state index in [-0.39, 0.29) is 5.91 Å². The van der Waals surface area contributed by atoms with Crippen LogP contribution in [0.2, 0.25) is 0 Å². The van der Waals surface area contributed by atoms with Crippen molar-refractivity contribution in [1.29, 1.82) is 0 Å². The van der Waals surface area contributed by atoms with Gasteiger partial charge in [-0.1, -0.05) is 12.8 Å². The van der Waals surface area contributed by atoms with E-state index in [1.165, 1.54) is 30.6 Å². The molecule has 17 heavy (non-hydrogen) atoms. The van der Waals surface area contributed by atoms with Crippen molar-refractivity contribution in [3.8, 4) is 0 Å². The van der Waals surface area contributed by atoms with Crippen molar-refractivity contribution in [1.82, 2.24) is 5.32 Å². The summed E-state index contributed by atoms with van der Waals surface area (Å²) in [4.78, 5) is 13.3. The molecule has 2 unspecified atom stereocenters. The highest BCUT2D eigenvalue weighted by molar-refractivity contribution is 9.10. The Morgan fingerprint density at radius 1 is 1.41 bits per heavy atom. The number of hydrogen-bond donors (Lipinski definition) is 1. The summed E-state index contributed by atoms with van der Waals surface area (Å²) in [5.74, 6) is 2.03. The lowest BCUT2D eigenvalue weighted by Gasteiger charge is -2.04. The number of carbonyl (C=O) groups is 1. The van der Waals surface area contributed by atoms with Crippen molar-refractivity contribution in [2.24, 2.45) is 17.8 Å². The van der Waals surface area contributed by atoms with E-state index in [1.807, 2.05) is 0 Å². The quantitative estimate of drug-likeness (QED) is 0.908. The average Bonchev–Trinajstić information content (AvgIpc) is 2.93. The highest BCUT2D eigenvalue weighted by Crippen LogP contribution is 2.55. The van der Waals surface area contributed by atoms with Crippen molar-refractivity contribution < 1.29 is 4.79 Å². The lowest BCUT2D eigenvalue weighted by molar-refractivity contribution is -0.123. The number of hydrogen-bond acceptors (Lipinski definition) is 2. The van der Waals surface area contributed by atoms with Crippen LogP contribution >= 0.6 is 27.3 Å². The number of fused-ring (bicyclic) bond motifs is 1. The van der Waals surface area contributed by atoms with Gasteiger partial charge >= 0.3 is 0 Å². The summed E-state index contributed by atoms with van der Waals surface area (Å²) in [6.45, 7) is 0.686. The van der Waals surface area contributed by atoms with Gasteiger partial charge in [-0.15, -0.1) is 11.3 Å². The summed E-state index contributed by atoms with van der Waals surface area (Å²) in [6.07, 6.45) is 5.19. The van der Waals surface area contributed by atoms with Crippen LogP contribution in [-0.4, -0.2) is 5.91 Å². The Morgan fingerprint density at radius 3 is 2.71 bits per heavy atom. The molecule has 0 radical (unpaired) electrons. The van der Waals surface area contributed by atoms with Gasteiger partial charge in [0.05, 0.1) is 6.54 Å². The molecular formula is C13H16BrNOS. The number of halogens is 1. The Kier molecular flexibility index (Phi) is 3.26. The largest absolute Gasteiger partial charge is 0.351 e. The molecule has 2 nitrogen and oxygen atoms in total. The van der Waals surface area contributed by atoms with Gasteiger partial charge in [-0.25, -0.2) is 0 Å². The molecule has 92 valence electrons. The average molecular weight is 314 g/mol. The highest BCUT2D eigenvalue weighted by Gasteiger charge is 2.54. The van der Waals surface area contributed by atoms with Crippen LogP contribution in [0, 0.1) is 17.8 Å². The smallest absolute Gasteiger partial charge is 0.223 e. The van der Waals surface area contributed by atoms with Gasteiger partial charge in [-0.05, 0) is 46.7 Å². The van der Waals surface area contributed by atoms with Gasteiger partial charge in [0.2, 0.25) is 5.91 Å². The van der Waals surface area contributed by atoms with Crippen LogP contribution in [0.3, 0.4) is 0 Å². The maximum Gasteiger partial charge on any atom is 0.223 e. The summed E-state index contributed by atoms with van der Waals surface area (Å²) in [7, 11) is 0. The van der Waals surface area contributed by atoms with Gasteiger partial charge < -0.3 is 5.32 Å². The van der Waals surface area contributed by atoms with Gasteiger partial charge in [0.1, 0.15) is 0 Å². The first kappa shape index (κ1) is 11.7. The van der Waals surface area contributed by atoms with E-state index in [9.17, 15) is 4.79 Å². The summed E-state index contributed by atoms with van der Waals surface area (Å²) in [5.41, 5.74) is 0. The van der Waals surface area contributed by atoms with Gasteiger partial charge in [-0.2, -0.15) is 0 Å². The molecule has 2 fully saturated rings. The van der Waals surface area contributed by atoms with Crippen LogP contribution in [0.5, 0.6) is 0 Å². The molecule has 3 rings (SSSR count). The van der Waals surface area contributed by atoms with E-state index < -0.39 is 0 Å². The van der Waals surface area contributed by atoms with Gasteiger partial charge in [-0.3, -0.25) is 4.79 Å². The van der Waals surface area contributed by atoms with Crippen LogP contribution < -0.4 is 5.32 Å². The topological polar surface area (TPSA) is 29.1 Å². The van der Waals surface area contributed by atoms with E-state index in [0.717, 1.165) is 4.47 Å². The molecule has 1 aromatic heterocycles. The fourth-order valence-corrected chi connectivity index (χ4v) is 4.51. The number of rotatable bonds is 3. The third-order valence-electron chi connectivity index (χ3n) is 4.02. The molecule has 1 N–H and O–H groups in total. The van der Waals surface area contributed by atoms with E-state index in [0.29, 0.717) is 24.3 Å². The lowest BCUT2D eigenvalue weighted by atomic mass is 10.0. The molecule has 1 aromatic rings. The molecule has 2 saturated carbocycles. The van der Waals surface area contributed by atoms with Crippen molar-refractivity contribution in [2.45, 2.75) is 32.2 Å². The van der Waals surface area contributed by atoms with Crippen LogP contribution in [0.15, 0.2) is 15.9 Å². The van der Waals surface area contributed by atoms with Crippen molar-refractivity contribution in [3.63, 3.8) is 0 Å². The minimum atomic E-state index is 0.284. The molecule has 0 spiro atoms. The predicted octanol–water partition coefficient (Wildman–Crippen LogP) is 3.56. The molecule has 0 aliphatic heterocycles. The van der Waals surface area contributed by atoms with E-state index in [2.05, 4.69) is 32.7 Å². The second kappa shape index (κ2) is 4.73. The second-order valence-corrected chi connectivity index (χ2v) is 7.00. The lowest BCUT2D eigenvalue weighted by Crippen LogP contribution is -2.25. The summed E-state index contributed by atoms with van der Waals surface area (Å²) in [6, 6.07) is 2.07. The molecular weight excluding hydrogens is 298 g/mol. The van der Waals surface area contributed by atoms with E-state index >= 15 is 0 Å². The zero-order valence-electron chi connectivity index (χ0n) is 9.62. The first-order valence-electron chi connectivity index (χ1n) is 6.26. The Hall–Kier alpha value is -0.350. The summed E-state index contributed by atoms with van der Waals surface area (Å²) >= 11 is 5.12.